The molecule has 0 spiro atoms. The number of morpholine rings is 1. The Morgan fingerprint density at radius 2 is 1.81 bits per heavy atom. The first-order valence-electron chi connectivity index (χ1n) is 11.8. The predicted octanol–water partition coefficient (Wildman–Crippen LogP) is 4.20. The molecular weight excluding hydrogens is 452 g/mol. The van der Waals surface area contributed by atoms with Gasteiger partial charge in [-0.15, -0.1) is 0 Å². The Morgan fingerprint density at radius 3 is 2.56 bits per heavy atom. The molecule has 0 bridgehead atoms. The SMILES string of the molecule is CN=CC=C(N)c1cccc(-c2nc(N3CCOCC3)nc(-c3ccc4ncccc4c3)c2OC)c1. The van der Waals surface area contributed by atoms with E-state index in [0.717, 1.165) is 46.4 Å². The van der Waals surface area contributed by atoms with Crippen molar-refractivity contribution < 1.29 is 9.47 Å². The van der Waals surface area contributed by atoms with E-state index in [1.807, 2.05) is 48.5 Å². The lowest BCUT2D eigenvalue weighted by Crippen LogP contribution is -2.37. The molecule has 2 aromatic heterocycles. The Bertz CT molecular complexity index is 1440. The number of hydrogen-bond acceptors (Lipinski definition) is 8. The van der Waals surface area contributed by atoms with Crippen LogP contribution in [-0.2, 0) is 4.74 Å². The van der Waals surface area contributed by atoms with Crippen molar-refractivity contribution in [3.8, 4) is 28.3 Å². The maximum atomic E-state index is 6.30. The maximum Gasteiger partial charge on any atom is 0.226 e. The molecule has 2 N–H and O–H groups in total. The number of allylic oxidation sites excluding steroid dienone is 1. The first kappa shape index (κ1) is 23.4. The van der Waals surface area contributed by atoms with Crippen LogP contribution in [0.2, 0.25) is 0 Å². The van der Waals surface area contributed by atoms with Gasteiger partial charge >= 0.3 is 0 Å². The second kappa shape index (κ2) is 10.5. The fourth-order valence-corrected chi connectivity index (χ4v) is 4.25. The van der Waals surface area contributed by atoms with Gasteiger partial charge in [0.15, 0.2) is 5.75 Å². The van der Waals surface area contributed by atoms with Gasteiger partial charge in [0.1, 0.15) is 11.4 Å². The van der Waals surface area contributed by atoms with Gasteiger partial charge in [-0.3, -0.25) is 9.98 Å². The number of aromatic nitrogens is 3. The van der Waals surface area contributed by atoms with Crippen molar-refractivity contribution in [2.24, 2.45) is 10.7 Å². The number of rotatable bonds is 6. The van der Waals surface area contributed by atoms with Gasteiger partial charge in [-0.2, -0.15) is 0 Å². The Balaban J connectivity index is 1.70. The minimum atomic E-state index is 0.602. The maximum absolute atomic E-state index is 6.30. The third-order valence-corrected chi connectivity index (χ3v) is 6.10. The van der Waals surface area contributed by atoms with E-state index in [4.69, 9.17) is 25.2 Å². The average Bonchev–Trinajstić information content (AvgIpc) is 2.95. The zero-order valence-corrected chi connectivity index (χ0v) is 20.4. The molecule has 8 heteroatoms. The van der Waals surface area contributed by atoms with Crippen LogP contribution in [0.4, 0.5) is 5.95 Å². The highest BCUT2D eigenvalue weighted by Crippen LogP contribution is 2.39. The number of anilines is 1. The zero-order chi connectivity index (χ0) is 24.9. The molecule has 0 unspecified atom stereocenters. The first-order valence-corrected chi connectivity index (χ1v) is 11.8. The number of ether oxygens (including phenoxy) is 2. The van der Waals surface area contributed by atoms with E-state index in [1.165, 1.54) is 0 Å². The van der Waals surface area contributed by atoms with Crippen LogP contribution in [0.25, 0.3) is 39.1 Å². The van der Waals surface area contributed by atoms with E-state index in [9.17, 15) is 0 Å². The lowest BCUT2D eigenvalue weighted by molar-refractivity contribution is 0.122. The third kappa shape index (κ3) is 4.76. The summed E-state index contributed by atoms with van der Waals surface area (Å²) in [5.41, 5.74) is 12.0. The largest absolute Gasteiger partial charge is 0.492 e. The Hall–Kier alpha value is -4.30. The van der Waals surface area contributed by atoms with E-state index in [0.29, 0.717) is 36.3 Å². The van der Waals surface area contributed by atoms with Crippen molar-refractivity contribution in [3.05, 3.63) is 72.4 Å². The van der Waals surface area contributed by atoms with Crippen molar-refractivity contribution in [1.29, 1.82) is 0 Å². The molecule has 0 aliphatic carbocycles. The van der Waals surface area contributed by atoms with Crippen LogP contribution in [0.1, 0.15) is 5.56 Å². The van der Waals surface area contributed by atoms with Gasteiger partial charge in [-0.05, 0) is 35.9 Å². The lowest BCUT2D eigenvalue weighted by Gasteiger charge is -2.28. The van der Waals surface area contributed by atoms with Crippen molar-refractivity contribution in [3.63, 3.8) is 0 Å². The Labute approximate surface area is 210 Å². The minimum Gasteiger partial charge on any atom is -0.492 e. The number of aliphatic imine (C=N–C) groups is 1. The van der Waals surface area contributed by atoms with Crippen molar-refractivity contribution in [1.82, 2.24) is 15.0 Å². The summed E-state index contributed by atoms with van der Waals surface area (Å²) in [5, 5.41) is 1.03. The van der Waals surface area contributed by atoms with Gasteiger partial charge in [-0.1, -0.05) is 30.3 Å². The molecule has 4 aromatic rings. The van der Waals surface area contributed by atoms with Gasteiger partial charge in [0.2, 0.25) is 5.95 Å². The number of fused-ring (bicyclic) bond motifs is 1. The fraction of sp³-hybridized carbons (Fsp3) is 0.214. The number of methoxy groups -OCH3 is 1. The summed E-state index contributed by atoms with van der Waals surface area (Å²) in [4.78, 5) is 20.6. The molecule has 182 valence electrons. The normalized spacial score (nSPS) is 14.5. The van der Waals surface area contributed by atoms with Crippen LogP contribution in [0.5, 0.6) is 5.75 Å². The van der Waals surface area contributed by atoms with Gasteiger partial charge in [-0.25, -0.2) is 9.97 Å². The van der Waals surface area contributed by atoms with E-state index >= 15 is 0 Å². The van der Waals surface area contributed by atoms with E-state index in [1.54, 1.807) is 32.6 Å². The van der Waals surface area contributed by atoms with E-state index in [2.05, 4.69) is 20.9 Å². The molecule has 3 heterocycles. The molecule has 0 amide bonds. The van der Waals surface area contributed by atoms with Crippen molar-refractivity contribution in [2.75, 3.05) is 45.4 Å². The minimum absolute atomic E-state index is 0.602. The molecule has 1 aliphatic rings. The smallest absolute Gasteiger partial charge is 0.226 e. The molecule has 0 radical (unpaired) electrons. The molecule has 0 atom stereocenters. The van der Waals surface area contributed by atoms with E-state index in [-0.39, 0.29) is 0 Å². The summed E-state index contributed by atoms with van der Waals surface area (Å²) in [6, 6.07) is 18.0. The van der Waals surface area contributed by atoms with E-state index < -0.39 is 0 Å². The van der Waals surface area contributed by atoms with Crippen molar-refractivity contribution >= 4 is 28.8 Å². The highest BCUT2D eigenvalue weighted by molar-refractivity contribution is 5.88. The molecule has 0 saturated carbocycles. The number of hydrogen-bond donors (Lipinski definition) is 1. The predicted molar refractivity (Wildman–Crippen MR) is 144 cm³/mol. The van der Waals surface area contributed by atoms with Crippen LogP contribution < -0.4 is 15.4 Å². The Morgan fingerprint density at radius 1 is 1.03 bits per heavy atom. The highest BCUT2D eigenvalue weighted by atomic mass is 16.5. The molecule has 1 saturated heterocycles. The molecule has 36 heavy (non-hydrogen) atoms. The zero-order valence-electron chi connectivity index (χ0n) is 20.4. The number of benzene rings is 2. The highest BCUT2D eigenvalue weighted by Gasteiger charge is 2.23. The molecular formula is C28H28N6O2. The molecule has 8 nitrogen and oxygen atoms in total. The monoisotopic (exact) mass is 480 g/mol. The van der Waals surface area contributed by atoms with Gasteiger partial charge < -0.3 is 20.1 Å². The lowest BCUT2D eigenvalue weighted by atomic mass is 10.0. The molecule has 1 fully saturated rings. The second-order valence-electron chi connectivity index (χ2n) is 8.37. The van der Waals surface area contributed by atoms with Gasteiger partial charge in [0, 0.05) is 54.8 Å². The van der Waals surface area contributed by atoms with Crippen LogP contribution >= 0.6 is 0 Å². The summed E-state index contributed by atoms with van der Waals surface area (Å²) in [6.07, 6.45) is 5.25. The fourth-order valence-electron chi connectivity index (χ4n) is 4.25. The summed E-state index contributed by atoms with van der Waals surface area (Å²) in [5.74, 6) is 1.24. The number of nitrogens with two attached hydrogens (primary N) is 1. The number of pyridine rings is 1. The van der Waals surface area contributed by atoms with Crippen molar-refractivity contribution in [2.45, 2.75) is 0 Å². The molecule has 1 aliphatic heterocycles. The third-order valence-electron chi connectivity index (χ3n) is 6.10. The van der Waals surface area contributed by atoms with Gasteiger partial charge in [0.05, 0.1) is 25.8 Å². The van der Waals surface area contributed by atoms with Crippen LogP contribution in [0, 0.1) is 0 Å². The molecule has 2 aromatic carbocycles. The average molecular weight is 481 g/mol. The number of nitrogens with zero attached hydrogens (tertiary/aromatic N) is 5. The molecule has 5 rings (SSSR count). The summed E-state index contributed by atoms with van der Waals surface area (Å²) in [7, 11) is 3.36. The summed E-state index contributed by atoms with van der Waals surface area (Å²) >= 11 is 0. The van der Waals surface area contributed by atoms with Crippen LogP contribution in [0.3, 0.4) is 0 Å². The van der Waals surface area contributed by atoms with Crippen LogP contribution in [-0.4, -0.2) is 61.6 Å². The summed E-state index contributed by atoms with van der Waals surface area (Å²) in [6.45, 7) is 2.72. The standard InChI is InChI=1S/C28H28N6O2/c1-30-12-10-23(29)19-5-3-6-21(17-19)25-27(35-2)26(33-28(32-25)34-13-15-36-16-14-34)22-8-9-24-20(18-22)7-4-11-31-24/h3-12,17-18H,13-16,29H2,1-2H3. The topological polar surface area (TPSA) is 98.8 Å². The van der Waals surface area contributed by atoms with Crippen LogP contribution in [0.15, 0.2) is 71.9 Å². The first-order chi connectivity index (χ1) is 17.7. The summed E-state index contributed by atoms with van der Waals surface area (Å²) < 4.78 is 11.5. The second-order valence-corrected chi connectivity index (χ2v) is 8.37. The quantitative estimate of drug-likeness (QED) is 0.413. The van der Waals surface area contributed by atoms with Gasteiger partial charge in [0.25, 0.3) is 0 Å². The Kier molecular flexibility index (Phi) is 6.86.